The first-order valence-electron chi connectivity index (χ1n) is 4.84. The van der Waals surface area contributed by atoms with E-state index in [0.717, 1.165) is 0 Å². The predicted molar refractivity (Wildman–Crippen MR) is 56.5 cm³/mol. The third-order valence-electron chi connectivity index (χ3n) is 1.82. The molecule has 0 atom stereocenters. The zero-order chi connectivity index (χ0) is 10.9. The molecule has 5 heteroatoms. The van der Waals surface area contributed by atoms with Crippen LogP contribution in [0.4, 0.5) is 0 Å². The van der Waals surface area contributed by atoms with Crippen molar-refractivity contribution in [1.82, 2.24) is 15.6 Å². The molecule has 5 nitrogen and oxygen atoms in total. The summed E-state index contributed by atoms with van der Waals surface area (Å²) in [5.41, 5.74) is 0.604. The van der Waals surface area contributed by atoms with Gasteiger partial charge in [0.2, 0.25) is 0 Å². The second-order valence-corrected chi connectivity index (χ2v) is 2.97. The molecule has 1 amide bonds. The fraction of sp³-hybridized carbons (Fsp3) is 0.400. The number of amides is 1. The molecular weight excluding hydrogens is 194 g/mol. The van der Waals surface area contributed by atoms with Crippen molar-refractivity contribution in [3.63, 3.8) is 0 Å². The standard InChI is InChI=1S/C10H15N3O2/c14-8-7-12-5-6-13-10(15)9-1-3-11-4-2-9/h1-4,12,14H,5-8H2,(H,13,15). The van der Waals surface area contributed by atoms with Crippen molar-refractivity contribution in [1.29, 1.82) is 0 Å². The number of rotatable bonds is 6. The van der Waals surface area contributed by atoms with Crippen LogP contribution in [-0.4, -0.2) is 42.2 Å². The SMILES string of the molecule is O=C(NCCNCCO)c1ccncc1. The minimum Gasteiger partial charge on any atom is -0.395 e. The number of aliphatic hydroxyl groups is 1. The highest BCUT2D eigenvalue weighted by Gasteiger charge is 2.02. The van der Waals surface area contributed by atoms with Crippen LogP contribution in [0.25, 0.3) is 0 Å². The molecule has 0 unspecified atom stereocenters. The van der Waals surface area contributed by atoms with Crippen LogP contribution in [-0.2, 0) is 0 Å². The summed E-state index contributed by atoms with van der Waals surface area (Å²) < 4.78 is 0. The number of carbonyl (C=O) groups is 1. The zero-order valence-corrected chi connectivity index (χ0v) is 8.44. The van der Waals surface area contributed by atoms with Crippen molar-refractivity contribution in [2.45, 2.75) is 0 Å². The molecule has 0 aliphatic rings. The number of nitrogens with zero attached hydrogens (tertiary/aromatic N) is 1. The molecule has 82 valence electrons. The van der Waals surface area contributed by atoms with Gasteiger partial charge in [-0.2, -0.15) is 0 Å². The quantitative estimate of drug-likeness (QED) is 0.547. The van der Waals surface area contributed by atoms with Gasteiger partial charge in [-0.15, -0.1) is 0 Å². The lowest BCUT2D eigenvalue weighted by atomic mass is 10.2. The first kappa shape index (κ1) is 11.6. The smallest absolute Gasteiger partial charge is 0.251 e. The summed E-state index contributed by atoms with van der Waals surface area (Å²) in [5.74, 6) is -0.108. The number of aliphatic hydroxyl groups excluding tert-OH is 1. The first-order chi connectivity index (χ1) is 7.34. The topological polar surface area (TPSA) is 74.2 Å². The molecule has 3 N–H and O–H groups in total. The Morgan fingerprint density at radius 3 is 2.67 bits per heavy atom. The van der Waals surface area contributed by atoms with Gasteiger partial charge in [0.1, 0.15) is 0 Å². The minimum absolute atomic E-state index is 0.108. The van der Waals surface area contributed by atoms with Crippen LogP contribution in [0.1, 0.15) is 10.4 Å². The van der Waals surface area contributed by atoms with Gasteiger partial charge in [-0.25, -0.2) is 0 Å². The Balaban J connectivity index is 2.20. The van der Waals surface area contributed by atoms with Gasteiger partial charge in [-0.1, -0.05) is 0 Å². The van der Waals surface area contributed by atoms with Crippen molar-refractivity contribution in [3.8, 4) is 0 Å². The number of nitrogens with one attached hydrogen (secondary N) is 2. The van der Waals surface area contributed by atoms with Gasteiger partial charge in [0.25, 0.3) is 5.91 Å². The third kappa shape index (κ3) is 4.53. The molecule has 0 aliphatic heterocycles. The molecule has 0 aromatic carbocycles. The molecule has 0 spiro atoms. The maximum absolute atomic E-state index is 11.5. The number of hydrogen-bond acceptors (Lipinski definition) is 4. The molecule has 0 aliphatic carbocycles. The van der Waals surface area contributed by atoms with Crippen LogP contribution in [0, 0.1) is 0 Å². The fourth-order valence-electron chi connectivity index (χ4n) is 1.07. The molecule has 0 saturated carbocycles. The van der Waals surface area contributed by atoms with Gasteiger partial charge in [0.05, 0.1) is 6.61 Å². The second-order valence-electron chi connectivity index (χ2n) is 2.97. The lowest BCUT2D eigenvalue weighted by molar-refractivity contribution is 0.0954. The fourth-order valence-corrected chi connectivity index (χ4v) is 1.07. The van der Waals surface area contributed by atoms with E-state index in [2.05, 4.69) is 15.6 Å². The molecule has 0 saturated heterocycles. The summed E-state index contributed by atoms with van der Waals surface area (Å²) >= 11 is 0. The van der Waals surface area contributed by atoms with Crippen LogP contribution < -0.4 is 10.6 Å². The van der Waals surface area contributed by atoms with E-state index in [1.165, 1.54) is 0 Å². The second kappa shape index (κ2) is 6.92. The van der Waals surface area contributed by atoms with Crippen LogP contribution >= 0.6 is 0 Å². The Kier molecular flexibility index (Phi) is 5.35. The Hall–Kier alpha value is -1.46. The monoisotopic (exact) mass is 209 g/mol. The third-order valence-corrected chi connectivity index (χ3v) is 1.82. The first-order valence-corrected chi connectivity index (χ1v) is 4.84. The number of carbonyl (C=O) groups excluding carboxylic acids is 1. The number of aromatic nitrogens is 1. The van der Waals surface area contributed by atoms with E-state index in [-0.39, 0.29) is 12.5 Å². The lowest BCUT2D eigenvalue weighted by Gasteiger charge is -2.05. The van der Waals surface area contributed by atoms with Gasteiger partial charge >= 0.3 is 0 Å². The maximum atomic E-state index is 11.5. The van der Waals surface area contributed by atoms with E-state index in [0.29, 0.717) is 25.2 Å². The van der Waals surface area contributed by atoms with Crippen LogP contribution in [0.5, 0.6) is 0 Å². The Morgan fingerprint density at radius 1 is 1.27 bits per heavy atom. The van der Waals surface area contributed by atoms with Crippen molar-refractivity contribution in [2.75, 3.05) is 26.2 Å². The van der Waals surface area contributed by atoms with Gasteiger partial charge in [-0.05, 0) is 12.1 Å². The van der Waals surface area contributed by atoms with Crippen molar-refractivity contribution >= 4 is 5.91 Å². The van der Waals surface area contributed by atoms with Gasteiger partial charge in [0, 0.05) is 37.6 Å². The highest BCUT2D eigenvalue weighted by atomic mass is 16.3. The lowest BCUT2D eigenvalue weighted by Crippen LogP contribution is -2.32. The van der Waals surface area contributed by atoms with E-state index in [9.17, 15) is 4.79 Å². The maximum Gasteiger partial charge on any atom is 0.251 e. The molecule has 1 heterocycles. The van der Waals surface area contributed by atoms with E-state index in [1.54, 1.807) is 24.5 Å². The summed E-state index contributed by atoms with van der Waals surface area (Å²) in [6.45, 7) is 1.85. The molecular formula is C10H15N3O2. The summed E-state index contributed by atoms with van der Waals surface area (Å²) in [6.07, 6.45) is 3.16. The van der Waals surface area contributed by atoms with Gasteiger partial charge in [-0.3, -0.25) is 9.78 Å². The van der Waals surface area contributed by atoms with Crippen molar-refractivity contribution < 1.29 is 9.90 Å². The molecule has 1 aromatic rings. The molecule has 0 fully saturated rings. The highest BCUT2D eigenvalue weighted by molar-refractivity contribution is 5.93. The average Bonchev–Trinajstić information content (AvgIpc) is 2.30. The molecule has 1 rings (SSSR count). The van der Waals surface area contributed by atoms with E-state index in [4.69, 9.17) is 5.11 Å². The zero-order valence-electron chi connectivity index (χ0n) is 8.44. The van der Waals surface area contributed by atoms with Gasteiger partial charge in [0.15, 0.2) is 0 Å². The normalized spacial score (nSPS) is 9.93. The van der Waals surface area contributed by atoms with Crippen LogP contribution in [0.15, 0.2) is 24.5 Å². The van der Waals surface area contributed by atoms with Gasteiger partial charge < -0.3 is 15.7 Å². The molecule has 0 radical (unpaired) electrons. The van der Waals surface area contributed by atoms with E-state index < -0.39 is 0 Å². The number of hydrogen-bond donors (Lipinski definition) is 3. The Bertz CT molecular complexity index is 290. The van der Waals surface area contributed by atoms with E-state index in [1.807, 2.05) is 0 Å². The molecule has 1 aromatic heterocycles. The Labute approximate surface area is 88.5 Å². The summed E-state index contributed by atoms with van der Waals surface area (Å²) in [4.78, 5) is 15.3. The predicted octanol–water partition coefficient (Wildman–Crippen LogP) is -0.607. The average molecular weight is 209 g/mol. The summed E-state index contributed by atoms with van der Waals surface area (Å²) in [6, 6.07) is 3.33. The molecule has 15 heavy (non-hydrogen) atoms. The largest absolute Gasteiger partial charge is 0.395 e. The highest BCUT2D eigenvalue weighted by Crippen LogP contribution is 1.94. The summed E-state index contributed by atoms with van der Waals surface area (Å²) in [7, 11) is 0. The summed E-state index contributed by atoms with van der Waals surface area (Å²) in [5, 5.41) is 14.2. The van der Waals surface area contributed by atoms with Crippen LogP contribution in [0.2, 0.25) is 0 Å². The van der Waals surface area contributed by atoms with E-state index >= 15 is 0 Å². The van der Waals surface area contributed by atoms with Crippen LogP contribution in [0.3, 0.4) is 0 Å². The van der Waals surface area contributed by atoms with Crippen molar-refractivity contribution in [3.05, 3.63) is 30.1 Å². The molecule has 0 bridgehead atoms. The minimum atomic E-state index is -0.108. The van der Waals surface area contributed by atoms with Crippen molar-refractivity contribution in [2.24, 2.45) is 0 Å². The number of pyridine rings is 1. The Morgan fingerprint density at radius 2 is 2.00 bits per heavy atom.